The Labute approximate surface area is 133 Å². The average Bonchev–Trinajstić information content (AvgIpc) is 2.59. The third kappa shape index (κ3) is 3.55. The molecular weight excluding hydrogens is 338 g/mol. The molecule has 1 heterocycles. The summed E-state index contributed by atoms with van der Waals surface area (Å²) in [5.74, 6) is 0.529. The van der Waals surface area contributed by atoms with Gasteiger partial charge in [-0.1, -0.05) is 66.5 Å². The molecule has 0 saturated carbocycles. The van der Waals surface area contributed by atoms with E-state index >= 15 is 0 Å². The molecule has 108 valence electrons. The van der Waals surface area contributed by atoms with Crippen molar-refractivity contribution in [3.63, 3.8) is 0 Å². The van der Waals surface area contributed by atoms with Crippen molar-refractivity contribution in [2.24, 2.45) is 5.41 Å². The van der Waals surface area contributed by atoms with Gasteiger partial charge in [0.05, 0.1) is 12.2 Å². The molecule has 20 heavy (non-hydrogen) atoms. The smallest absolute Gasteiger partial charge is 0.141 e. The van der Waals surface area contributed by atoms with Gasteiger partial charge < -0.3 is 5.73 Å². The quantitative estimate of drug-likeness (QED) is 0.878. The van der Waals surface area contributed by atoms with Gasteiger partial charge in [-0.2, -0.15) is 5.10 Å². The molecular formula is C15H19BrClN3. The Hall–Kier alpha value is -1.00. The molecule has 0 radical (unpaired) electrons. The van der Waals surface area contributed by atoms with E-state index in [-0.39, 0.29) is 5.41 Å². The summed E-state index contributed by atoms with van der Waals surface area (Å²) in [4.78, 5) is 0. The Morgan fingerprint density at radius 3 is 2.55 bits per heavy atom. The highest BCUT2D eigenvalue weighted by molar-refractivity contribution is 9.10. The molecule has 0 saturated heterocycles. The standard InChI is InChI=1S/C15H19BrClN3/c1-15(2,3)8-12-13(17)14(18)20(19-12)9-10-6-4-5-7-11(10)16/h4-7H,8-9,18H2,1-3H3. The highest BCUT2D eigenvalue weighted by Gasteiger charge is 2.20. The zero-order valence-corrected chi connectivity index (χ0v) is 14.3. The summed E-state index contributed by atoms with van der Waals surface area (Å²) in [5.41, 5.74) is 8.19. The van der Waals surface area contributed by atoms with Crippen LogP contribution < -0.4 is 5.73 Å². The minimum absolute atomic E-state index is 0.128. The van der Waals surface area contributed by atoms with Gasteiger partial charge in [0.1, 0.15) is 10.8 Å². The van der Waals surface area contributed by atoms with Crippen molar-refractivity contribution in [2.45, 2.75) is 33.7 Å². The van der Waals surface area contributed by atoms with E-state index in [1.165, 1.54) is 0 Å². The molecule has 5 heteroatoms. The summed E-state index contributed by atoms with van der Waals surface area (Å²) >= 11 is 9.84. The normalized spacial score (nSPS) is 11.8. The molecule has 2 N–H and O–H groups in total. The Balaban J connectivity index is 2.30. The first-order valence-electron chi connectivity index (χ1n) is 6.52. The molecule has 2 rings (SSSR count). The first kappa shape index (κ1) is 15.4. The summed E-state index contributed by atoms with van der Waals surface area (Å²) in [7, 11) is 0. The van der Waals surface area contributed by atoms with Crippen molar-refractivity contribution in [3.05, 3.63) is 45.0 Å². The lowest BCUT2D eigenvalue weighted by atomic mass is 9.91. The van der Waals surface area contributed by atoms with Crippen LogP contribution >= 0.6 is 27.5 Å². The molecule has 0 atom stereocenters. The molecule has 1 aromatic heterocycles. The molecule has 0 spiro atoms. The van der Waals surface area contributed by atoms with Gasteiger partial charge in [-0.05, 0) is 23.5 Å². The number of anilines is 1. The van der Waals surface area contributed by atoms with E-state index in [4.69, 9.17) is 17.3 Å². The van der Waals surface area contributed by atoms with Gasteiger partial charge in [0.2, 0.25) is 0 Å². The van der Waals surface area contributed by atoms with Crippen LogP contribution in [0.3, 0.4) is 0 Å². The number of rotatable bonds is 3. The maximum Gasteiger partial charge on any atom is 0.141 e. The largest absolute Gasteiger partial charge is 0.383 e. The maximum atomic E-state index is 6.31. The molecule has 0 unspecified atom stereocenters. The predicted molar refractivity (Wildman–Crippen MR) is 88.1 cm³/mol. The minimum Gasteiger partial charge on any atom is -0.383 e. The van der Waals surface area contributed by atoms with Gasteiger partial charge in [-0.25, -0.2) is 4.68 Å². The first-order valence-corrected chi connectivity index (χ1v) is 7.69. The summed E-state index contributed by atoms with van der Waals surface area (Å²) in [6.45, 7) is 7.09. The molecule has 0 bridgehead atoms. The third-order valence-corrected chi connectivity index (χ3v) is 4.16. The summed E-state index contributed by atoms with van der Waals surface area (Å²) in [5, 5.41) is 5.15. The fourth-order valence-corrected chi connectivity index (χ4v) is 2.64. The lowest BCUT2D eigenvalue weighted by Gasteiger charge is -2.16. The second-order valence-electron chi connectivity index (χ2n) is 6.13. The number of benzene rings is 1. The molecule has 0 aliphatic carbocycles. The van der Waals surface area contributed by atoms with Gasteiger partial charge >= 0.3 is 0 Å². The Kier molecular flexibility index (Phi) is 4.45. The second-order valence-corrected chi connectivity index (χ2v) is 7.36. The van der Waals surface area contributed by atoms with Crippen molar-refractivity contribution in [1.29, 1.82) is 0 Å². The number of halogens is 2. The van der Waals surface area contributed by atoms with Gasteiger partial charge in [0.25, 0.3) is 0 Å². The van der Waals surface area contributed by atoms with Crippen molar-refractivity contribution in [3.8, 4) is 0 Å². The van der Waals surface area contributed by atoms with Gasteiger partial charge in [0.15, 0.2) is 0 Å². The average molecular weight is 357 g/mol. The molecule has 0 amide bonds. The first-order chi connectivity index (χ1) is 9.28. The van der Waals surface area contributed by atoms with Crippen LogP contribution in [0.4, 0.5) is 5.82 Å². The monoisotopic (exact) mass is 355 g/mol. The number of nitrogens with zero attached hydrogens (tertiary/aromatic N) is 2. The van der Waals surface area contributed by atoms with Crippen LogP contribution in [0.5, 0.6) is 0 Å². The van der Waals surface area contributed by atoms with Crippen molar-refractivity contribution in [1.82, 2.24) is 9.78 Å². The van der Waals surface area contributed by atoms with Crippen LogP contribution in [-0.4, -0.2) is 9.78 Å². The lowest BCUT2D eigenvalue weighted by molar-refractivity contribution is 0.404. The summed E-state index contributed by atoms with van der Waals surface area (Å²) < 4.78 is 2.81. The van der Waals surface area contributed by atoms with E-state index in [1.54, 1.807) is 4.68 Å². The summed E-state index contributed by atoms with van der Waals surface area (Å²) in [6.07, 6.45) is 0.805. The molecule has 2 aromatic rings. The van der Waals surface area contributed by atoms with Gasteiger partial charge in [-0.3, -0.25) is 0 Å². The van der Waals surface area contributed by atoms with Crippen molar-refractivity contribution < 1.29 is 0 Å². The number of hydrogen-bond donors (Lipinski definition) is 1. The van der Waals surface area contributed by atoms with Crippen LogP contribution in [0.2, 0.25) is 5.02 Å². The van der Waals surface area contributed by atoms with E-state index in [0.29, 0.717) is 17.4 Å². The topological polar surface area (TPSA) is 43.8 Å². The van der Waals surface area contributed by atoms with E-state index < -0.39 is 0 Å². The number of nitrogen functional groups attached to an aromatic ring is 1. The number of hydrogen-bond acceptors (Lipinski definition) is 2. The maximum absolute atomic E-state index is 6.31. The fourth-order valence-electron chi connectivity index (χ4n) is 2.03. The Bertz CT molecular complexity index is 614. The molecule has 3 nitrogen and oxygen atoms in total. The van der Waals surface area contributed by atoms with Crippen molar-refractivity contribution >= 4 is 33.3 Å². The summed E-state index contributed by atoms with van der Waals surface area (Å²) in [6, 6.07) is 8.03. The second kappa shape index (κ2) is 5.78. The highest BCUT2D eigenvalue weighted by atomic mass is 79.9. The zero-order valence-electron chi connectivity index (χ0n) is 12.0. The molecule has 0 aliphatic rings. The molecule has 0 aliphatic heterocycles. The lowest BCUT2D eigenvalue weighted by Crippen LogP contribution is -2.11. The van der Waals surface area contributed by atoms with E-state index in [1.807, 2.05) is 24.3 Å². The Morgan fingerprint density at radius 2 is 1.95 bits per heavy atom. The van der Waals surface area contributed by atoms with E-state index in [0.717, 1.165) is 22.2 Å². The van der Waals surface area contributed by atoms with Gasteiger partial charge in [-0.15, -0.1) is 0 Å². The third-order valence-electron chi connectivity index (χ3n) is 2.97. The van der Waals surface area contributed by atoms with Crippen LogP contribution in [0, 0.1) is 5.41 Å². The number of nitrogens with two attached hydrogens (primary N) is 1. The van der Waals surface area contributed by atoms with Crippen molar-refractivity contribution in [2.75, 3.05) is 5.73 Å². The molecule has 1 aromatic carbocycles. The van der Waals surface area contributed by atoms with Gasteiger partial charge in [0, 0.05) is 4.47 Å². The fraction of sp³-hybridized carbons (Fsp3) is 0.400. The van der Waals surface area contributed by atoms with E-state index in [2.05, 4.69) is 41.8 Å². The SMILES string of the molecule is CC(C)(C)Cc1nn(Cc2ccccc2Br)c(N)c1Cl. The van der Waals surface area contributed by atoms with Crippen LogP contribution in [0.1, 0.15) is 32.0 Å². The van der Waals surface area contributed by atoms with Crippen LogP contribution in [-0.2, 0) is 13.0 Å². The number of aromatic nitrogens is 2. The Morgan fingerprint density at radius 1 is 1.30 bits per heavy atom. The molecule has 0 fully saturated rings. The van der Waals surface area contributed by atoms with Crippen LogP contribution in [0.25, 0.3) is 0 Å². The van der Waals surface area contributed by atoms with Crippen LogP contribution in [0.15, 0.2) is 28.7 Å². The predicted octanol–water partition coefficient (Wildman–Crippen LogP) is 4.52. The zero-order chi connectivity index (χ0) is 14.9. The van der Waals surface area contributed by atoms with E-state index in [9.17, 15) is 0 Å². The minimum atomic E-state index is 0.128. The highest BCUT2D eigenvalue weighted by Crippen LogP contribution is 2.30.